The smallest absolute Gasteiger partial charge is 0.460 e. The van der Waals surface area contributed by atoms with E-state index in [1.807, 2.05) is 0 Å². The van der Waals surface area contributed by atoms with E-state index in [0.29, 0.717) is 0 Å². The van der Waals surface area contributed by atoms with Crippen molar-refractivity contribution in [2.45, 2.75) is 55.8 Å². The van der Waals surface area contributed by atoms with Gasteiger partial charge < -0.3 is 4.74 Å². The molecule has 0 radical (unpaired) electrons. The molecule has 0 saturated heterocycles. The fraction of sp³-hybridized carbons (Fsp3) is 0.769. The van der Waals surface area contributed by atoms with Crippen molar-refractivity contribution in [1.29, 1.82) is 0 Å². The van der Waals surface area contributed by atoms with Crippen LogP contribution in [0.5, 0.6) is 0 Å². The van der Waals surface area contributed by atoms with Crippen LogP contribution >= 0.6 is 0 Å². The van der Waals surface area contributed by atoms with Gasteiger partial charge >= 0.3 is 48.4 Å². The molecule has 0 aliphatic carbocycles. The van der Waals surface area contributed by atoms with Gasteiger partial charge in [-0.3, -0.25) is 0 Å². The zero-order valence-corrected chi connectivity index (χ0v) is 14.9. The van der Waals surface area contributed by atoms with Crippen LogP contribution in [0.3, 0.4) is 0 Å². The van der Waals surface area contributed by atoms with Gasteiger partial charge in [-0.15, -0.1) is 0 Å². The van der Waals surface area contributed by atoms with Gasteiger partial charge in [0.25, 0.3) is 0 Å². The van der Waals surface area contributed by atoms with Crippen LogP contribution in [0.25, 0.3) is 0 Å². The van der Waals surface area contributed by atoms with Crippen LogP contribution in [-0.2, 0) is 19.0 Å². The lowest BCUT2D eigenvalue weighted by molar-refractivity contribution is -0.542. The maximum atomic E-state index is 13.2. The van der Waals surface area contributed by atoms with Crippen LogP contribution in [0.1, 0.15) is 13.3 Å². The molecule has 0 aliphatic heterocycles. The van der Waals surface area contributed by atoms with Gasteiger partial charge in [0, 0.05) is 5.57 Å². The van der Waals surface area contributed by atoms with Crippen molar-refractivity contribution >= 4 is 5.97 Å². The second-order valence-corrected chi connectivity index (χ2v) is 5.70. The van der Waals surface area contributed by atoms with Gasteiger partial charge in [-0.2, -0.15) is 65.9 Å². The Bertz CT molecular complexity index is 698. The molecule has 4 nitrogen and oxygen atoms in total. The molecule has 0 rings (SSSR count). The Morgan fingerprint density at radius 3 is 1.47 bits per heavy atom. The summed E-state index contributed by atoms with van der Waals surface area (Å²) >= 11 is 0. The molecule has 0 spiro atoms. The lowest BCUT2D eigenvalue weighted by Gasteiger charge is -2.36. The first-order chi connectivity index (χ1) is 13.7. The number of hydrogen-bond acceptors (Lipinski definition) is 4. The molecule has 32 heavy (non-hydrogen) atoms. The van der Waals surface area contributed by atoms with Gasteiger partial charge in [0.05, 0.1) is 13.0 Å². The Morgan fingerprint density at radius 2 is 1.09 bits per heavy atom. The van der Waals surface area contributed by atoms with Gasteiger partial charge in [-0.1, -0.05) is 6.58 Å². The number of carbonyl (C=O) groups excluding carboxylic acids is 1. The van der Waals surface area contributed by atoms with E-state index in [1.165, 1.54) is 4.74 Å². The summed E-state index contributed by atoms with van der Waals surface area (Å²) in [7, 11) is 0. The third kappa shape index (κ3) is 6.32. The van der Waals surface area contributed by atoms with E-state index in [-0.39, 0.29) is 0 Å². The zero-order chi connectivity index (χ0) is 26.2. The third-order valence-corrected chi connectivity index (χ3v) is 2.96. The molecule has 0 atom stereocenters. The van der Waals surface area contributed by atoms with E-state index in [2.05, 4.69) is 16.1 Å². The van der Waals surface area contributed by atoms with Crippen molar-refractivity contribution in [3.8, 4) is 0 Å². The quantitative estimate of drug-likeness (QED) is 0.201. The molecular weight excluding hydrogens is 505 g/mol. The Morgan fingerprint density at radius 1 is 0.688 bits per heavy atom. The molecule has 0 aromatic rings. The van der Waals surface area contributed by atoms with Crippen molar-refractivity contribution in [2.75, 3.05) is 6.61 Å². The van der Waals surface area contributed by atoms with E-state index < -0.39 is 67.0 Å². The number of rotatable bonds is 11. The first kappa shape index (κ1) is 30.1. The van der Waals surface area contributed by atoms with Crippen molar-refractivity contribution in [3.05, 3.63) is 12.2 Å². The third-order valence-electron chi connectivity index (χ3n) is 2.96. The van der Waals surface area contributed by atoms with Crippen LogP contribution in [0.4, 0.5) is 65.9 Å². The Hall–Kier alpha value is -1.92. The van der Waals surface area contributed by atoms with Gasteiger partial charge in [-0.25, -0.2) is 14.3 Å². The SMILES string of the molecule is C=C(C)C(=O)OCCC(F)(F)OC(F)(F)C(F)(F)OC(F)(F)C(F)(F)C(F)(F)C(F)(F)F. The highest BCUT2D eigenvalue weighted by molar-refractivity contribution is 5.86. The summed E-state index contributed by atoms with van der Waals surface area (Å²) in [4.78, 5) is 10.9. The van der Waals surface area contributed by atoms with Crippen molar-refractivity contribution < 1.29 is 84.9 Å². The zero-order valence-electron chi connectivity index (χ0n) is 14.9. The molecule has 0 unspecified atom stereocenters. The number of carbonyl (C=O) groups is 1. The summed E-state index contributed by atoms with van der Waals surface area (Å²) in [5.74, 6) is -17.1. The molecule has 19 heteroatoms. The van der Waals surface area contributed by atoms with Gasteiger partial charge in [0.1, 0.15) is 0 Å². The number of halogens is 15. The van der Waals surface area contributed by atoms with Gasteiger partial charge in [0.2, 0.25) is 0 Å². The van der Waals surface area contributed by atoms with Gasteiger partial charge in [0.15, 0.2) is 0 Å². The lowest BCUT2D eigenvalue weighted by atomic mass is 10.1. The van der Waals surface area contributed by atoms with Crippen molar-refractivity contribution in [3.63, 3.8) is 0 Å². The van der Waals surface area contributed by atoms with Gasteiger partial charge in [-0.05, 0) is 6.92 Å². The molecule has 190 valence electrons. The minimum absolute atomic E-state index is 0.404. The average molecular weight is 514 g/mol. The average Bonchev–Trinajstić information content (AvgIpc) is 2.50. The standard InChI is InChI=1S/C13H9F15O4/c1-5(2)6(29)30-4-3-7(14,15)31-12(25,26)13(27,28)32-11(23,24)9(18,19)8(16,17)10(20,21)22/h1,3-4H2,2H3. The second kappa shape index (κ2) is 8.79. The summed E-state index contributed by atoms with van der Waals surface area (Å²) in [6.45, 7) is 2.42. The van der Waals surface area contributed by atoms with E-state index in [9.17, 15) is 70.7 Å². The largest absolute Gasteiger partial charge is 0.462 e. The molecule has 0 aromatic heterocycles. The fourth-order valence-corrected chi connectivity index (χ4v) is 1.33. The molecular formula is C13H9F15O4. The Balaban J connectivity index is 5.61. The number of ether oxygens (including phenoxy) is 3. The molecule has 0 fully saturated rings. The van der Waals surface area contributed by atoms with E-state index in [0.717, 1.165) is 6.92 Å². The predicted molar refractivity (Wildman–Crippen MR) is 68.3 cm³/mol. The maximum absolute atomic E-state index is 13.2. The van der Waals surface area contributed by atoms with Crippen molar-refractivity contribution in [2.24, 2.45) is 0 Å². The van der Waals surface area contributed by atoms with Crippen LogP contribution in [-0.4, -0.2) is 55.0 Å². The number of hydrogen-bond donors (Lipinski definition) is 0. The summed E-state index contributed by atoms with van der Waals surface area (Å²) in [5, 5.41) is 0. The Kier molecular flexibility index (Phi) is 8.26. The summed E-state index contributed by atoms with van der Waals surface area (Å²) in [5.41, 5.74) is -0.404. The molecule has 0 saturated carbocycles. The molecule has 0 bridgehead atoms. The predicted octanol–water partition coefficient (Wildman–Crippen LogP) is 5.73. The molecule has 0 heterocycles. The minimum atomic E-state index is -7.92. The Labute approximate surface area is 166 Å². The highest BCUT2D eigenvalue weighted by atomic mass is 19.4. The monoisotopic (exact) mass is 514 g/mol. The topological polar surface area (TPSA) is 44.8 Å². The number of alkyl halides is 15. The first-order valence-corrected chi connectivity index (χ1v) is 7.31. The van der Waals surface area contributed by atoms with Crippen LogP contribution in [0.2, 0.25) is 0 Å². The summed E-state index contributed by atoms with van der Waals surface area (Å²) in [6, 6.07) is 0. The fourth-order valence-electron chi connectivity index (χ4n) is 1.33. The van der Waals surface area contributed by atoms with Crippen LogP contribution in [0.15, 0.2) is 12.2 Å². The summed E-state index contributed by atoms with van der Waals surface area (Å²) in [6.07, 6.45) is -37.2. The molecule has 0 amide bonds. The maximum Gasteiger partial charge on any atom is 0.460 e. The van der Waals surface area contributed by atoms with E-state index in [1.54, 1.807) is 0 Å². The van der Waals surface area contributed by atoms with E-state index >= 15 is 0 Å². The first-order valence-electron chi connectivity index (χ1n) is 7.31. The van der Waals surface area contributed by atoms with Crippen LogP contribution in [0, 0.1) is 0 Å². The minimum Gasteiger partial charge on any atom is -0.462 e. The van der Waals surface area contributed by atoms with Crippen molar-refractivity contribution in [1.82, 2.24) is 0 Å². The molecule has 0 N–H and O–H groups in total. The summed E-state index contributed by atoms with van der Waals surface area (Å²) < 4.78 is 199. The normalized spacial score (nSPS) is 15.0. The highest BCUT2D eigenvalue weighted by Gasteiger charge is 2.85. The molecule has 0 aromatic carbocycles. The van der Waals surface area contributed by atoms with E-state index in [4.69, 9.17) is 0 Å². The molecule has 0 aliphatic rings. The van der Waals surface area contributed by atoms with Crippen LogP contribution < -0.4 is 0 Å². The second-order valence-electron chi connectivity index (χ2n) is 5.70. The highest BCUT2D eigenvalue weighted by Crippen LogP contribution is 2.56. The lowest BCUT2D eigenvalue weighted by Crippen LogP contribution is -2.64. The number of esters is 1.